The molecule has 0 rings (SSSR count). The van der Waals surface area contributed by atoms with Crippen molar-refractivity contribution in [1.82, 2.24) is 5.32 Å². The van der Waals surface area contributed by atoms with Crippen LogP contribution in [0.4, 0.5) is 0 Å². The molecule has 2 atom stereocenters. The fraction of sp³-hybridized carbons (Fsp3) is 0.879. The highest BCUT2D eigenvalue weighted by Crippen LogP contribution is 2.18. The van der Waals surface area contributed by atoms with E-state index in [-0.39, 0.29) is 18.5 Å². The van der Waals surface area contributed by atoms with Gasteiger partial charge in [0.05, 0.1) is 25.4 Å². The second-order valence-corrected chi connectivity index (χ2v) is 22.1. The average Bonchev–Trinajstić information content (AvgIpc) is 3.38. The van der Waals surface area contributed by atoms with Gasteiger partial charge in [-0.3, -0.25) is 9.59 Å². The van der Waals surface area contributed by atoms with Gasteiger partial charge >= 0.3 is 5.97 Å². The molecule has 0 radical (unpaired) electrons. The van der Waals surface area contributed by atoms with E-state index in [0.29, 0.717) is 25.9 Å². The van der Waals surface area contributed by atoms with Gasteiger partial charge in [-0.1, -0.05) is 301 Å². The van der Waals surface area contributed by atoms with Crippen LogP contribution in [0.2, 0.25) is 0 Å². The SMILES string of the molecule is CCCCCCCC/C=C\CCCCCCCCCCCC(=O)OCC/C=C\C/C=C\CCCCCCCCCCCCCCCCC(=O)NC(CO)C(O)CCCCCCCCCCCCCCCCC. The molecule has 0 aromatic rings. The van der Waals surface area contributed by atoms with Gasteiger partial charge < -0.3 is 20.3 Å². The van der Waals surface area contributed by atoms with Gasteiger partial charge in [0.1, 0.15) is 0 Å². The van der Waals surface area contributed by atoms with E-state index in [1.165, 1.54) is 263 Å². The van der Waals surface area contributed by atoms with Crippen LogP contribution < -0.4 is 5.32 Å². The van der Waals surface area contributed by atoms with Gasteiger partial charge in [-0.05, 0) is 70.6 Å². The number of nitrogens with one attached hydrogen (secondary N) is 1. The summed E-state index contributed by atoms with van der Waals surface area (Å²) in [4.78, 5) is 24.6. The first-order valence-corrected chi connectivity index (χ1v) is 32.2. The van der Waals surface area contributed by atoms with Crippen LogP contribution in [0.15, 0.2) is 36.5 Å². The van der Waals surface area contributed by atoms with Gasteiger partial charge in [0.15, 0.2) is 0 Å². The van der Waals surface area contributed by atoms with Crippen LogP contribution in [0.5, 0.6) is 0 Å². The van der Waals surface area contributed by atoms with Crippen LogP contribution in [0, 0.1) is 0 Å². The summed E-state index contributed by atoms with van der Waals surface area (Å²) in [5, 5.41) is 23.3. The van der Waals surface area contributed by atoms with E-state index < -0.39 is 12.1 Å². The monoisotopic (exact) mass is 1010 g/mol. The molecule has 72 heavy (non-hydrogen) atoms. The number of hydrogen-bond acceptors (Lipinski definition) is 5. The number of aliphatic hydroxyl groups excluding tert-OH is 2. The molecule has 0 aromatic heterocycles. The maximum Gasteiger partial charge on any atom is 0.305 e. The third-order valence-electron chi connectivity index (χ3n) is 14.9. The maximum atomic E-state index is 12.5. The summed E-state index contributed by atoms with van der Waals surface area (Å²) in [6.07, 6.45) is 77.5. The summed E-state index contributed by atoms with van der Waals surface area (Å²) in [5.41, 5.74) is 0. The predicted molar refractivity (Wildman–Crippen MR) is 315 cm³/mol. The lowest BCUT2D eigenvalue weighted by molar-refractivity contribution is -0.143. The topological polar surface area (TPSA) is 95.9 Å². The van der Waals surface area contributed by atoms with Gasteiger partial charge in [0.2, 0.25) is 5.91 Å². The van der Waals surface area contributed by atoms with Crippen molar-refractivity contribution in [3.05, 3.63) is 36.5 Å². The number of esters is 1. The maximum absolute atomic E-state index is 12.5. The molecule has 0 saturated carbocycles. The Morgan fingerprint density at radius 1 is 0.389 bits per heavy atom. The van der Waals surface area contributed by atoms with Gasteiger partial charge in [-0.2, -0.15) is 0 Å². The van der Waals surface area contributed by atoms with Crippen molar-refractivity contribution in [3.8, 4) is 0 Å². The van der Waals surface area contributed by atoms with E-state index in [9.17, 15) is 19.8 Å². The summed E-state index contributed by atoms with van der Waals surface area (Å²) in [7, 11) is 0. The number of rotatable bonds is 60. The Bertz CT molecular complexity index is 1170. The van der Waals surface area contributed by atoms with Crippen molar-refractivity contribution < 1.29 is 24.5 Å². The Hall–Kier alpha value is -1.92. The van der Waals surface area contributed by atoms with Crippen LogP contribution in [0.25, 0.3) is 0 Å². The zero-order valence-corrected chi connectivity index (χ0v) is 48.4. The summed E-state index contributed by atoms with van der Waals surface area (Å²) in [5.74, 6) is -0.0734. The Kier molecular flexibility index (Phi) is 60.0. The van der Waals surface area contributed by atoms with E-state index >= 15 is 0 Å². The number of ether oxygens (including phenoxy) is 1. The van der Waals surface area contributed by atoms with E-state index in [0.717, 1.165) is 51.4 Å². The van der Waals surface area contributed by atoms with Crippen LogP contribution in [-0.2, 0) is 14.3 Å². The first-order chi connectivity index (χ1) is 35.5. The molecule has 3 N–H and O–H groups in total. The molecule has 6 nitrogen and oxygen atoms in total. The highest BCUT2D eigenvalue weighted by atomic mass is 16.5. The van der Waals surface area contributed by atoms with E-state index in [1.54, 1.807) is 0 Å². The molecular formula is C66H125NO5. The fourth-order valence-electron chi connectivity index (χ4n) is 10.0. The number of allylic oxidation sites excluding steroid dienone is 5. The first-order valence-electron chi connectivity index (χ1n) is 32.2. The highest BCUT2D eigenvalue weighted by molar-refractivity contribution is 5.76. The third kappa shape index (κ3) is 57.4. The second kappa shape index (κ2) is 61.6. The molecular weight excluding hydrogens is 887 g/mol. The molecule has 1 amide bonds. The zero-order valence-electron chi connectivity index (χ0n) is 48.4. The number of amides is 1. The second-order valence-electron chi connectivity index (χ2n) is 22.1. The van der Waals surface area contributed by atoms with E-state index in [4.69, 9.17) is 4.74 Å². The Labute approximate surface area is 449 Å². The number of hydrogen-bond donors (Lipinski definition) is 3. The summed E-state index contributed by atoms with van der Waals surface area (Å²) in [6, 6.07) is -0.546. The zero-order chi connectivity index (χ0) is 52.2. The quantitative estimate of drug-likeness (QED) is 0.0320. The molecule has 0 fully saturated rings. The first kappa shape index (κ1) is 70.1. The largest absolute Gasteiger partial charge is 0.465 e. The van der Waals surface area contributed by atoms with Crippen LogP contribution in [0.1, 0.15) is 348 Å². The van der Waals surface area contributed by atoms with E-state index in [2.05, 4.69) is 55.6 Å². The minimum atomic E-state index is -0.668. The molecule has 0 saturated heterocycles. The average molecular weight is 1010 g/mol. The normalized spacial score (nSPS) is 12.8. The Morgan fingerprint density at radius 3 is 1.07 bits per heavy atom. The molecule has 0 aliphatic rings. The van der Waals surface area contributed by atoms with Gasteiger partial charge in [0, 0.05) is 12.8 Å². The molecule has 0 heterocycles. The molecule has 0 aliphatic carbocycles. The van der Waals surface area contributed by atoms with Crippen molar-refractivity contribution in [2.75, 3.05) is 13.2 Å². The highest BCUT2D eigenvalue weighted by Gasteiger charge is 2.20. The van der Waals surface area contributed by atoms with Gasteiger partial charge in [-0.25, -0.2) is 0 Å². The smallest absolute Gasteiger partial charge is 0.305 e. The lowest BCUT2D eigenvalue weighted by Gasteiger charge is -2.22. The van der Waals surface area contributed by atoms with Crippen molar-refractivity contribution in [3.63, 3.8) is 0 Å². The lowest BCUT2D eigenvalue weighted by Crippen LogP contribution is -2.45. The minimum absolute atomic E-state index is 0.0353. The summed E-state index contributed by atoms with van der Waals surface area (Å²) in [6.45, 7) is 4.86. The molecule has 6 heteroatoms. The number of carbonyl (C=O) groups is 2. The van der Waals surface area contributed by atoms with Crippen LogP contribution >= 0.6 is 0 Å². The summed E-state index contributed by atoms with van der Waals surface area (Å²) >= 11 is 0. The third-order valence-corrected chi connectivity index (χ3v) is 14.9. The van der Waals surface area contributed by atoms with Crippen LogP contribution in [-0.4, -0.2) is 47.4 Å². The van der Waals surface area contributed by atoms with Crippen molar-refractivity contribution in [2.24, 2.45) is 0 Å². The van der Waals surface area contributed by atoms with Crippen molar-refractivity contribution in [2.45, 2.75) is 360 Å². The molecule has 424 valence electrons. The number of unbranched alkanes of at least 4 members (excludes halogenated alkanes) is 43. The van der Waals surface area contributed by atoms with Gasteiger partial charge in [-0.15, -0.1) is 0 Å². The molecule has 0 bridgehead atoms. The number of carbonyl (C=O) groups excluding carboxylic acids is 2. The number of aliphatic hydroxyl groups is 2. The molecule has 0 spiro atoms. The standard InChI is InChI=1S/C66H125NO5/c1-3-5-7-9-11-13-15-17-19-20-24-28-32-36-40-44-48-52-56-60-66(71)72-61-57-53-49-45-41-37-33-29-26-23-21-22-25-27-31-35-39-43-47-51-55-59-65(70)67-63(62-68)64(69)58-54-50-46-42-38-34-30-18-16-14-12-10-8-6-4-2/h17,19,37,41,49,53,63-64,68-69H,3-16,18,20-36,38-40,42-48,50-52,54-62H2,1-2H3,(H,67,70)/b19-17-,41-37-,53-49-. The Balaban J connectivity index is 3.44. The summed E-state index contributed by atoms with van der Waals surface area (Å²) < 4.78 is 5.44. The predicted octanol–water partition coefficient (Wildman–Crippen LogP) is 20.4. The Morgan fingerprint density at radius 2 is 0.694 bits per heavy atom. The van der Waals surface area contributed by atoms with Gasteiger partial charge in [0.25, 0.3) is 0 Å². The van der Waals surface area contributed by atoms with Crippen molar-refractivity contribution in [1.29, 1.82) is 0 Å². The lowest BCUT2D eigenvalue weighted by atomic mass is 10.0. The minimum Gasteiger partial charge on any atom is -0.465 e. The van der Waals surface area contributed by atoms with E-state index in [1.807, 2.05) is 0 Å². The fourth-order valence-corrected chi connectivity index (χ4v) is 10.0. The molecule has 2 unspecified atom stereocenters. The molecule has 0 aliphatic heterocycles. The van der Waals surface area contributed by atoms with Crippen molar-refractivity contribution >= 4 is 11.9 Å². The van der Waals surface area contributed by atoms with Crippen LogP contribution in [0.3, 0.4) is 0 Å². The molecule has 0 aromatic carbocycles.